The van der Waals surface area contributed by atoms with Crippen LogP contribution in [0.2, 0.25) is 0 Å². The first kappa shape index (κ1) is 24.2. The highest BCUT2D eigenvalue weighted by atomic mass is 19.1. The lowest BCUT2D eigenvalue weighted by molar-refractivity contribution is -0.131. The number of nitrogens with one attached hydrogen (secondary N) is 1. The maximum atomic E-state index is 13.5. The number of aromatic nitrogens is 1. The number of benzene rings is 2. The number of carbonyl (C=O) groups is 3. The molecule has 0 spiro atoms. The molecule has 0 saturated carbocycles. The molecule has 3 aromatic rings. The number of rotatable bonds is 6. The molecule has 5 rings (SSSR count). The van der Waals surface area contributed by atoms with Crippen molar-refractivity contribution >= 4 is 17.7 Å². The lowest BCUT2D eigenvalue weighted by Crippen LogP contribution is -2.51. The molecular weight excluding hydrogens is 479 g/mol. The van der Waals surface area contributed by atoms with Crippen molar-refractivity contribution in [2.45, 2.75) is 32.8 Å². The molecule has 1 aromatic heterocycles. The summed E-state index contributed by atoms with van der Waals surface area (Å²) < 4.78 is 20.6. The Bertz CT molecular complexity index is 1420. The zero-order valence-corrected chi connectivity index (χ0v) is 20.1. The van der Waals surface area contributed by atoms with Gasteiger partial charge in [0, 0.05) is 32.8 Å². The number of nitrogens with zero attached hydrogens (tertiary/aromatic N) is 3. The predicted molar refractivity (Wildman–Crippen MR) is 131 cm³/mol. The number of ether oxygens (including phenoxy) is 1. The largest absolute Gasteiger partial charge is 0.483 e. The summed E-state index contributed by atoms with van der Waals surface area (Å²) in [7, 11) is 0. The van der Waals surface area contributed by atoms with Crippen LogP contribution in [0.3, 0.4) is 0 Å². The topological polar surface area (TPSA) is 101 Å². The first-order chi connectivity index (χ1) is 17.8. The van der Waals surface area contributed by atoms with E-state index in [4.69, 9.17) is 4.74 Å². The summed E-state index contributed by atoms with van der Waals surface area (Å²) in [5.41, 5.74) is 0.604. The minimum Gasteiger partial charge on any atom is -0.483 e. The van der Waals surface area contributed by atoms with Crippen LogP contribution in [0.5, 0.6) is 5.75 Å². The van der Waals surface area contributed by atoms with Gasteiger partial charge in [-0.05, 0) is 23.3 Å². The Labute approximate surface area is 212 Å². The molecule has 2 aromatic carbocycles. The maximum absolute atomic E-state index is 13.5. The van der Waals surface area contributed by atoms with Gasteiger partial charge in [0.05, 0.1) is 6.54 Å². The van der Waals surface area contributed by atoms with Gasteiger partial charge in [-0.3, -0.25) is 19.2 Å². The van der Waals surface area contributed by atoms with E-state index in [1.165, 1.54) is 42.0 Å². The van der Waals surface area contributed by atoms with Crippen molar-refractivity contribution in [3.05, 3.63) is 99.2 Å². The van der Waals surface area contributed by atoms with Crippen LogP contribution in [-0.2, 0) is 24.5 Å². The summed E-state index contributed by atoms with van der Waals surface area (Å²) in [6, 6.07) is 14.8. The van der Waals surface area contributed by atoms with Gasteiger partial charge in [-0.2, -0.15) is 0 Å². The van der Waals surface area contributed by atoms with Crippen LogP contribution in [-0.4, -0.2) is 51.3 Å². The van der Waals surface area contributed by atoms with E-state index in [0.29, 0.717) is 18.7 Å². The highest BCUT2D eigenvalue weighted by molar-refractivity contribution is 5.99. The quantitative estimate of drug-likeness (QED) is 0.555. The summed E-state index contributed by atoms with van der Waals surface area (Å²) in [4.78, 5) is 55.3. The molecule has 190 valence electrons. The normalized spacial score (nSPS) is 16.3. The zero-order valence-electron chi connectivity index (χ0n) is 20.1. The van der Waals surface area contributed by atoms with E-state index in [2.05, 4.69) is 5.32 Å². The molecular formula is C27H25FN4O5. The van der Waals surface area contributed by atoms with Crippen molar-refractivity contribution in [3.63, 3.8) is 0 Å². The molecule has 2 aliphatic rings. The van der Waals surface area contributed by atoms with Gasteiger partial charge >= 0.3 is 0 Å². The predicted octanol–water partition coefficient (Wildman–Crippen LogP) is 2.14. The Balaban J connectivity index is 1.51. The summed E-state index contributed by atoms with van der Waals surface area (Å²) in [5, 5.41) is 2.68. The molecule has 3 heterocycles. The number of halogens is 1. The van der Waals surface area contributed by atoms with E-state index in [1.807, 2.05) is 30.3 Å². The number of carbonyl (C=O) groups excluding carboxylic acids is 3. The number of pyridine rings is 1. The molecule has 9 nitrogen and oxygen atoms in total. The van der Waals surface area contributed by atoms with Crippen molar-refractivity contribution in [1.29, 1.82) is 0 Å². The van der Waals surface area contributed by atoms with E-state index in [9.17, 15) is 23.6 Å². The van der Waals surface area contributed by atoms with Crippen LogP contribution >= 0.6 is 0 Å². The summed E-state index contributed by atoms with van der Waals surface area (Å²) >= 11 is 0. The number of hydrogen-bond acceptors (Lipinski definition) is 5. The zero-order chi connectivity index (χ0) is 26.1. The van der Waals surface area contributed by atoms with E-state index >= 15 is 0 Å². The first-order valence-corrected chi connectivity index (χ1v) is 11.9. The van der Waals surface area contributed by atoms with E-state index in [-0.39, 0.29) is 42.6 Å². The fourth-order valence-electron chi connectivity index (χ4n) is 4.70. The molecule has 2 aliphatic heterocycles. The molecule has 1 unspecified atom stereocenters. The van der Waals surface area contributed by atoms with E-state index < -0.39 is 29.2 Å². The fourth-order valence-corrected chi connectivity index (χ4v) is 4.70. The average molecular weight is 505 g/mol. The second kappa shape index (κ2) is 9.88. The maximum Gasteiger partial charge on any atom is 0.276 e. The molecule has 0 aliphatic carbocycles. The van der Waals surface area contributed by atoms with Gasteiger partial charge in [-0.15, -0.1) is 0 Å². The molecule has 1 saturated heterocycles. The van der Waals surface area contributed by atoms with Gasteiger partial charge in [0.2, 0.25) is 11.3 Å². The molecule has 1 N–H and O–H groups in total. The Kier molecular flexibility index (Phi) is 6.47. The van der Waals surface area contributed by atoms with Crippen LogP contribution in [0.25, 0.3) is 0 Å². The van der Waals surface area contributed by atoms with Gasteiger partial charge in [-0.25, -0.2) is 4.39 Å². The number of hydrogen-bond donors (Lipinski definition) is 1. The van der Waals surface area contributed by atoms with Gasteiger partial charge < -0.3 is 24.4 Å². The van der Waals surface area contributed by atoms with Gasteiger partial charge in [0.15, 0.2) is 11.4 Å². The van der Waals surface area contributed by atoms with Crippen LogP contribution in [0.15, 0.2) is 65.6 Å². The third-order valence-corrected chi connectivity index (χ3v) is 6.60. The lowest BCUT2D eigenvalue weighted by atomic mass is 10.1. The summed E-state index contributed by atoms with van der Waals surface area (Å²) in [5.74, 6) is -1.85. The molecule has 37 heavy (non-hydrogen) atoms. The second-order valence-corrected chi connectivity index (χ2v) is 8.98. The van der Waals surface area contributed by atoms with Crippen molar-refractivity contribution in [2.75, 3.05) is 13.1 Å². The summed E-state index contributed by atoms with van der Waals surface area (Å²) in [6.45, 7) is 2.47. The van der Waals surface area contributed by atoms with Crippen LogP contribution in [0.4, 0.5) is 4.39 Å². The number of fused-ring (bicyclic) bond motifs is 2. The van der Waals surface area contributed by atoms with Gasteiger partial charge in [-0.1, -0.05) is 42.5 Å². The SMILES string of the molecule is CC(=O)N1CCN2C(=O)c3c(OCc4ccccc4)c(=O)c(C(=O)NCc4ccc(F)cc4)cn3CC12. The molecule has 0 bridgehead atoms. The Hall–Kier alpha value is -4.47. The standard InChI is InChI=1S/C27H25FN4O5/c1-17(33)31-11-12-32-22(31)15-30-14-21(26(35)29-13-18-7-9-20(28)10-8-18)24(34)25(23(30)27(32)36)37-16-19-5-3-2-4-6-19/h2-10,14,22H,11-13,15-16H2,1H3,(H,29,35). The van der Waals surface area contributed by atoms with Gasteiger partial charge in [0.1, 0.15) is 24.2 Å². The van der Waals surface area contributed by atoms with E-state index in [0.717, 1.165) is 5.56 Å². The molecule has 10 heteroatoms. The lowest BCUT2D eigenvalue weighted by Gasteiger charge is -2.36. The fraction of sp³-hybridized carbons (Fsp3) is 0.259. The van der Waals surface area contributed by atoms with Crippen molar-refractivity contribution in [1.82, 2.24) is 19.7 Å². The van der Waals surface area contributed by atoms with Crippen LogP contribution in [0, 0.1) is 5.82 Å². The van der Waals surface area contributed by atoms with Crippen LogP contribution in [0.1, 0.15) is 38.9 Å². The Morgan fingerprint density at radius 2 is 1.76 bits per heavy atom. The van der Waals surface area contributed by atoms with Crippen molar-refractivity contribution in [3.8, 4) is 5.75 Å². The van der Waals surface area contributed by atoms with Crippen molar-refractivity contribution in [2.24, 2.45) is 0 Å². The number of amides is 3. The average Bonchev–Trinajstić information content (AvgIpc) is 3.33. The van der Waals surface area contributed by atoms with Crippen LogP contribution < -0.4 is 15.5 Å². The highest BCUT2D eigenvalue weighted by Crippen LogP contribution is 2.29. The monoisotopic (exact) mass is 504 g/mol. The molecule has 1 fully saturated rings. The molecule has 0 radical (unpaired) electrons. The summed E-state index contributed by atoms with van der Waals surface area (Å²) in [6.07, 6.45) is 0.830. The molecule has 1 atom stereocenters. The third-order valence-electron chi connectivity index (χ3n) is 6.60. The Morgan fingerprint density at radius 1 is 1.03 bits per heavy atom. The minimum atomic E-state index is -0.701. The minimum absolute atomic E-state index is 0.0278. The smallest absolute Gasteiger partial charge is 0.276 e. The van der Waals surface area contributed by atoms with Gasteiger partial charge in [0.25, 0.3) is 11.8 Å². The van der Waals surface area contributed by atoms with E-state index in [1.54, 1.807) is 9.80 Å². The third kappa shape index (κ3) is 4.69. The highest BCUT2D eigenvalue weighted by Gasteiger charge is 2.43. The first-order valence-electron chi connectivity index (χ1n) is 11.9. The molecule has 3 amide bonds. The second-order valence-electron chi connectivity index (χ2n) is 8.98. The van der Waals surface area contributed by atoms with Crippen molar-refractivity contribution < 1.29 is 23.5 Å². The Morgan fingerprint density at radius 3 is 2.46 bits per heavy atom.